The Balaban J connectivity index is 1.41. The van der Waals surface area contributed by atoms with Gasteiger partial charge >= 0.3 is 0 Å². The number of fused-ring (bicyclic) bond motifs is 1. The van der Waals surface area contributed by atoms with Crippen LogP contribution in [0, 0.1) is 0 Å². The van der Waals surface area contributed by atoms with E-state index in [0.29, 0.717) is 12.2 Å². The molecule has 132 valence electrons. The number of aromatic amines is 1. The van der Waals surface area contributed by atoms with Crippen molar-refractivity contribution in [3.05, 3.63) is 76.4 Å². The number of carbonyl (C=O) groups is 1. The van der Waals surface area contributed by atoms with Gasteiger partial charge in [0.2, 0.25) is 0 Å². The maximum atomic E-state index is 12.4. The van der Waals surface area contributed by atoms with Crippen LogP contribution in [-0.4, -0.2) is 26.7 Å². The summed E-state index contributed by atoms with van der Waals surface area (Å²) in [7, 11) is 0. The second-order valence-corrected chi connectivity index (χ2v) is 7.27. The van der Waals surface area contributed by atoms with Crippen LogP contribution < -0.4 is 5.32 Å². The molecule has 3 heterocycles. The second-order valence-electron chi connectivity index (χ2n) is 6.49. The molecule has 0 saturated heterocycles. The monoisotopic (exact) mass is 364 g/mol. The number of H-pyrrole nitrogens is 1. The first-order chi connectivity index (χ1) is 12.7. The van der Waals surface area contributed by atoms with Crippen LogP contribution in [0.15, 0.2) is 59.4 Å². The van der Waals surface area contributed by atoms with E-state index < -0.39 is 0 Å². The van der Waals surface area contributed by atoms with Gasteiger partial charge in [-0.15, -0.1) is 0 Å². The van der Waals surface area contributed by atoms with E-state index in [1.165, 1.54) is 10.9 Å². The van der Waals surface area contributed by atoms with Gasteiger partial charge in [0.15, 0.2) is 0 Å². The van der Waals surface area contributed by atoms with E-state index >= 15 is 0 Å². The lowest BCUT2D eigenvalue weighted by atomic mass is 10.1. The minimum absolute atomic E-state index is 0.0608. The highest BCUT2D eigenvalue weighted by Gasteiger charge is 2.14. The molecule has 4 aromatic rings. The first kappa shape index (κ1) is 16.6. The molecule has 3 aromatic heterocycles. The fourth-order valence-electron chi connectivity index (χ4n) is 3.13. The molecule has 0 unspecified atom stereocenters. The summed E-state index contributed by atoms with van der Waals surface area (Å²) >= 11 is 1.67. The van der Waals surface area contributed by atoms with Crippen molar-refractivity contribution >= 4 is 28.1 Å². The minimum atomic E-state index is -0.146. The predicted molar refractivity (Wildman–Crippen MR) is 105 cm³/mol. The molecule has 0 fully saturated rings. The normalized spacial score (nSPS) is 12.3. The molecule has 6 heteroatoms. The Labute approximate surface area is 155 Å². The van der Waals surface area contributed by atoms with E-state index in [1.807, 2.05) is 31.3 Å². The topological polar surface area (TPSA) is 62.7 Å². The molecule has 26 heavy (non-hydrogen) atoms. The molecule has 1 atom stereocenters. The lowest BCUT2D eigenvalue weighted by Crippen LogP contribution is -2.34. The molecular formula is C20H20N4OS. The van der Waals surface area contributed by atoms with Crippen molar-refractivity contribution < 1.29 is 4.79 Å². The van der Waals surface area contributed by atoms with Crippen molar-refractivity contribution in [3.8, 4) is 0 Å². The third-order valence-electron chi connectivity index (χ3n) is 4.38. The zero-order valence-corrected chi connectivity index (χ0v) is 15.3. The van der Waals surface area contributed by atoms with Crippen LogP contribution in [-0.2, 0) is 13.0 Å². The molecule has 0 aliphatic rings. The summed E-state index contributed by atoms with van der Waals surface area (Å²) in [5.41, 5.74) is 3.73. The summed E-state index contributed by atoms with van der Waals surface area (Å²) in [6, 6.07) is 14.3. The summed E-state index contributed by atoms with van der Waals surface area (Å²) in [6.07, 6.45) is 2.87. The van der Waals surface area contributed by atoms with E-state index in [9.17, 15) is 4.79 Å². The van der Waals surface area contributed by atoms with Crippen molar-refractivity contribution in [2.24, 2.45) is 0 Å². The van der Waals surface area contributed by atoms with Gasteiger partial charge in [0.1, 0.15) is 5.69 Å². The van der Waals surface area contributed by atoms with Crippen LogP contribution in [0.3, 0.4) is 0 Å². The Morgan fingerprint density at radius 1 is 1.31 bits per heavy atom. The van der Waals surface area contributed by atoms with Crippen molar-refractivity contribution in [3.63, 3.8) is 0 Å². The number of rotatable bonds is 6. The fourth-order valence-corrected chi connectivity index (χ4v) is 3.81. The van der Waals surface area contributed by atoms with Gasteiger partial charge in [-0.05, 0) is 59.3 Å². The maximum absolute atomic E-state index is 12.4. The Morgan fingerprint density at radius 2 is 2.19 bits per heavy atom. The number of carbonyl (C=O) groups excluding carboxylic acids is 1. The second kappa shape index (κ2) is 7.17. The fraction of sp³-hybridized carbons (Fsp3) is 0.200. The highest BCUT2D eigenvalue weighted by Crippen LogP contribution is 2.16. The molecule has 0 saturated carbocycles. The summed E-state index contributed by atoms with van der Waals surface area (Å²) in [4.78, 5) is 12.4. The lowest BCUT2D eigenvalue weighted by Gasteiger charge is -2.11. The molecule has 4 rings (SSSR count). The van der Waals surface area contributed by atoms with Gasteiger partial charge in [0, 0.05) is 17.8 Å². The zero-order chi connectivity index (χ0) is 17.9. The van der Waals surface area contributed by atoms with Gasteiger partial charge in [-0.25, -0.2) is 0 Å². The maximum Gasteiger partial charge on any atom is 0.271 e. The SMILES string of the molecule is C[C@@H](Cc1ccsc1)NC(=O)c1cc(Cn2ccc3ccccc32)[nH]n1. The van der Waals surface area contributed by atoms with Crippen molar-refractivity contribution in [1.82, 2.24) is 20.1 Å². The predicted octanol–water partition coefficient (Wildman–Crippen LogP) is 3.84. The van der Waals surface area contributed by atoms with Crippen molar-refractivity contribution in [2.45, 2.75) is 25.9 Å². The number of hydrogen-bond donors (Lipinski definition) is 2. The standard InChI is InChI=1S/C20H20N4OS/c1-14(10-15-7-9-26-13-15)21-20(25)18-11-17(22-23-18)12-24-8-6-16-4-2-3-5-19(16)24/h2-9,11,13-14H,10,12H2,1H3,(H,21,25)(H,22,23)/t14-/m0/s1. The van der Waals surface area contributed by atoms with Crippen LogP contribution in [0.25, 0.3) is 10.9 Å². The van der Waals surface area contributed by atoms with Gasteiger partial charge in [-0.1, -0.05) is 18.2 Å². The number of para-hydroxylation sites is 1. The lowest BCUT2D eigenvalue weighted by molar-refractivity contribution is 0.0935. The molecule has 0 spiro atoms. The van der Waals surface area contributed by atoms with Gasteiger partial charge in [0.25, 0.3) is 5.91 Å². The third-order valence-corrected chi connectivity index (χ3v) is 5.12. The van der Waals surface area contributed by atoms with E-state index in [-0.39, 0.29) is 11.9 Å². The molecule has 2 N–H and O–H groups in total. The highest BCUT2D eigenvalue weighted by atomic mass is 32.1. The molecule has 5 nitrogen and oxygen atoms in total. The van der Waals surface area contributed by atoms with Gasteiger partial charge in [-0.3, -0.25) is 9.89 Å². The summed E-state index contributed by atoms with van der Waals surface area (Å²) in [5.74, 6) is -0.146. The Morgan fingerprint density at radius 3 is 3.04 bits per heavy atom. The number of aromatic nitrogens is 3. The molecule has 1 aromatic carbocycles. The van der Waals surface area contributed by atoms with Crippen LogP contribution in [0.1, 0.15) is 28.7 Å². The number of benzene rings is 1. The highest BCUT2D eigenvalue weighted by molar-refractivity contribution is 7.07. The van der Waals surface area contributed by atoms with Gasteiger partial charge in [0.05, 0.1) is 12.2 Å². The largest absolute Gasteiger partial charge is 0.348 e. The van der Waals surface area contributed by atoms with Crippen molar-refractivity contribution in [2.75, 3.05) is 0 Å². The first-order valence-corrected chi connectivity index (χ1v) is 9.53. The van der Waals surface area contributed by atoms with E-state index in [0.717, 1.165) is 17.6 Å². The zero-order valence-electron chi connectivity index (χ0n) is 14.5. The summed E-state index contributed by atoms with van der Waals surface area (Å²) in [6.45, 7) is 2.66. The van der Waals surface area contributed by atoms with Crippen LogP contribution in [0.2, 0.25) is 0 Å². The van der Waals surface area contributed by atoms with E-state index in [2.05, 4.69) is 55.1 Å². The molecule has 0 radical (unpaired) electrons. The summed E-state index contributed by atoms with van der Waals surface area (Å²) in [5, 5.41) is 15.5. The Kier molecular flexibility index (Phi) is 4.58. The van der Waals surface area contributed by atoms with Crippen LogP contribution in [0.4, 0.5) is 0 Å². The van der Waals surface area contributed by atoms with Gasteiger partial charge < -0.3 is 9.88 Å². The number of thiophene rings is 1. The molecule has 0 aliphatic heterocycles. The van der Waals surface area contributed by atoms with Crippen LogP contribution in [0.5, 0.6) is 0 Å². The average Bonchev–Trinajstić information content (AvgIpc) is 3.37. The minimum Gasteiger partial charge on any atom is -0.348 e. The number of nitrogens with zero attached hydrogens (tertiary/aromatic N) is 2. The number of hydrogen-bond acceptors (Lipinski definition) is 3. The van der Waals surface area contributed by atoms with E-state index in [4.69, 9.17) is 0 Å². The number of nitrogens with one attached hydrogen (secondary N) is 2. The molecule has 0 bridgehead atoms. The van der Waals surface area contributed by atoms with Crippen molar-refractivity contribution in [1.29, 1.82) is 0 Å². The third kappa shape index (κ3) is 3.55. The van der Waals surface area contributed by atoms with Gasteiger partial charge in [-0.2, -0.15) is 16.4 Å². The van der Waals surface area contributed by atoms with Crippen LogP contribution >= 0.6 is 11.3 Å². The quantitative estimate of drug-likeness (QED) is 0.546. The smallest absolute Gasteiger partial charge is 0.271 e. The summed E-state index contributed by atoms with van der Waals surface area (Å²) < 4.78 is 2.14. The number of amides is 1. The molecular weight excluding hydrogens is 344 g/mol. The Bertz CT molecular complexity index is 1020. The molecule has 0 aliphatic carbocycles. The molecule has 1 amide bonds. The van der Waals surface area contributed by atoms with E-state index in [1.54, 1.807) is 11.3 Å². The first-order valence-electron chi connectivity index (χ1n) is 8.59. The Hall–Kier alpha value is -2.86. The average molecular weight is 364 g/mol.